The molecular formula is C14H17N3O2. The van der Waals surface area contributed by atoms with Gasteiger partial charge >= 0.3 is 0 Å². The zero-order chi connectivity index (χ0) is 13.1. The number of aromatic nitrogens is 2. The molecule has 100 valence electrons. The van der Waals surface area contributed by atoms with Gasteiger partial charge in [-0.25, -0.2) is 4.98 Å². The molecule has 0 radical (unpaired) electrons. The van der Waals surface area contributed by atoms with Crippen LogP contribution in [0, 0.1) is 5.92 Å². The first-order valence-electron chi connectivity index (χ1n) is 6.63. The van der Waals surface area contributed by atoms with E-state index in [0.717, 1.165) is 32.6 Å². The molecule has 2 aromatic rings. The quantitative estimate of drug-likeness (QED) is 0.881. The third-order valence-electron chi connectivity index (χ3n) is 3.43. The van der Waals surface area contributed by atoms with Gasteiger partial charge in [0.2, 0.25) is 5.95 Å². The molecule has 1 atom stereocenters. The van der Waals surface area contributed by atoms with Crippen LogP contribution in [0.5, 0.6) is 0 Å². The summed E-state index contributed by atoms with van der Waals surface area (Å²) in [6, 6.07) is 7.35. The predicted molar refractivity (Wildman–Crippen MR) is 74.4 cm³/mol. The Morgan fingerprint density at radius 2 is 2.32 bits per heavy atom. The van der Waals surface area contributed by atoms with Crippen molar-refractivity contribution in [2.45, 2.75) is 12.8 Å². The zero-order valence-corrected chi connectivity index (χ0v) is 10.7. The number of anilines is 1. The fourth-order valence-corrected chi connectivity index (χ4v) is 2.38. The summed E-state index contributed by atoms with van der Waals surface area (Å²) < 4.78 is 5.43. The van der Waals surface area contributed by atoms with Crippen LogP contribution in [-0.4, -0.2) is 29.7 Å². The van der Waals surface area contributed by atoms with Crippen LogP contribution in [-0.2, 0) is 4.74 Å². The highest BCUT2D eigenvalue weighted by molar-refractivity contribution is 5.78. The number of ether oxygens (including phenoxy) is 1. The lowest BCUT2D eigenvalue weighted by atomic mass is 10.0. The number of hydrogen-bond acceptors (Lipinski definition) is 4. The van der Waals surface area contributed by atoms with Crippen LogP contribution in [0.15, 0.2) is 29.1 Å². The molecule has 1 aromatic heterocycles. The Labute approximate surface area is 111 Å². The van der Waals surface area contributed by atoms with Gasteiger partial charge in [0.25, 0.3) is 5.56 Å². The molecule has 0 saturated carbocycles. The molecule has 1 aliphatic rings. The number of aromatic amines is 1. The van der Waals surface area contributed by atoms with E-state index in [1.807, 2.05) is 18.2 Å². The molecule has 1 aliphatic heterocycles. The van der Waals surface area contributed by atoms with Crippen LogP contribution in [0.2, 0.25) is 0 Å². The van der Waals surface area contributed by atoms with Crippen molar-refractivity contribution in [2.75, 3.05) is 25.1 Å². The number of rotatable bonds is 3. The lowest BCUT2D eigenvalue weighted by Gasteiger charge is -2.22. The highest BCUT2D eigenvalue weighted by Crippen LogP contribution is 2.14. The molecule has 1 saturated heterocycles. The Hall–Kier alpha value is -1.88. The molecular weight excluding hydrogens is 242 g/mol. The Morgan fingerprint density at radius 1 is 1.42 bits per heavy atom. The zero-order valence-electron chi connectivity index (χ0n) is 10.7. The van der Waals surface area contributed by atoms with E-state index in [9.17, 15) is 4.79 Å². The first-order chi connectivity index (χ1) is 9.33. The monoisotopic (exact) mass is 259 g/mol. The first-order valence-corrected chi connectivity index (χ1v) is 6.63. The Kier molecular flexibility index (Phi) is 3.46. The standard InChI is InChI=1S/C14H17N3O2/c18-13-11-5-1-2-6-12(11)16-14(17-13)15-8-10-4-3-7-19-9-10/h1-2,5-6,10H,3-4,7-9H2,(H2,15,16,17,18). The van der Waals surface area contributed by atoms with Crippen molar-refractivity contribution in [2.24, 2.45) is 5.92 Å². The lowest BCUT2D eigenvalue weighted by molar-refractivity contribution is 0.0594. The Balaban J connectivity index is 1.75. The minimum absolute atomic E-state index is 0.104. The maximum Gasteiger partial charge on any atom is 0.260 e. The second-order valence-corrected chi connectivity index (χ2v) is 4.90. The van der Waals surface area contributed by atoms with Gasteiger partial charge in [0.1, 0.15) is 0 Å². The maximum absolute atomic E-state index is 11.9. The van der Waals surface area contributed by atoms with Crippen LogP contribution >= 0.6 is 0 Å². The summed E-state index contributed by atoms with van der Waals surface area (Å²) in [6.45, 7) is 2.42. The van der Waals surface area contributed by atoms with Crippen LogP contribution in [0.1, 0.15) is 12.8 Å². The lowest BCUT2D eigenvalue weighted by Crippen LogP contribution is -2.25. The molecule has 19 heavy (non-hydrogen) atoms. The van der Waals surface area contributed by atoms with Gasteiger partial charge in [0, 0.05) is 13.2 Å². The number of hydrogen-bond donors (Lipinski definition) is 2. The summed E-state index contributed by atoms with van der Waals surface area (Å²) in [5.74, 6) is 1.03. The number of benzene rings is 1. The number of H-pyrrole nitrogens is 1. The van der Waals surface area contributed by atoms with Gasteiger partial charge in [-0.05, 0) is 30.9 Å². The molecule has 1 fully saturated rings. The molecule has 2 heterocycles. The molecule has 3 rings (SSSR count). The van der Waals surface area contributed by atoms with Crippen molar-refractivity contribution in [3.05, 3.63) is 34.6 Å². The molecule has 5 heteroatoms. The van der Waals surface area contributed by atoms with Crippen LogP contribution in [0.4, 0.5) is 5.95 Å². The summed E-state index contributed by atoms with van der Waals surface area (Å²) in [7, 11) is 0. The van der Waals surface area contributed by atoms with E-state index in [-0.39, 0.29) is 5.56 Å². The van der Waals surface area contributed by atoms with Gasteiger partial charge < -0.3 is 10.1 Å². The van der Waals surface area contributed by atoms with Gasteiger partial charge in [0.05, 0.1) is 17.5 Å². The summed E-state index contributed by atoms with van der Waals surface area (Å²) >= 11 is 0. The van der Waals surface area contributed by atoms with Crippen LogP contribution in [0.25, 0.3) is 10.9 Å². The highest BCUT2D eigenvalue weighted by atomic mass is 16.5. The topological polar surface area (TPSA) is 67.0 Å². The van der Waals surface area contributed by atoms with Crippen molar-refractivity contribution in [3.8, 4) is 0 Å². The van der Waals surface area contributed by atoms with E-state index < -0.39 is 0 Å². The molecule has 0 bridgehead atoms. The van der Waals surface area contributed by atoms with Crippen molar-refractivity contribution in [1.29, 1.82) is 0 Å². The predicted octanol–water partition coefficient (Wildman–Crippen LogP) is 1.76. The van der Waals surface area contributed by atoms with Gasteiger partial charge in [-0.1, -0.05) is 12.1 Å². The van der Waals surface area contributed by atoms with E-state index in [1.165, 1.54) is 0 Å². The van der Waals surface area contributed by atoms with Gasteiger partial charge in [0.15, 0.2) is 0 Å². The van der Waals surface area contributed by atoms with E-state index >= 15 is 0 Å². The fraction of sp³-hybridized carbons (Fsp3) is 0.429. The van der Waals surface area contributed by atoms with Crippen molar-refractivity contribution >= 4 is 16.9 Å². The number of fused-ring (bicyclic) bond motifs is 1. The average Bonchev–Trinajstić information content (AvgIpc) is 2.46. The fourth-order valence-electron chi connectivity index (χ4n) is 2.38. The van der Waals surface area contributed by atoms with Crippen molar-refractivity contribution < 1.29 is 4.74 Å². The number of nitrogens with zero attached hydrogens (tertiary/aromatic N) is 1. The third-order valence-corrected chi connectivity index (χ3v) is 3.43. The van der Waals surface area contributed by atoms with Gasteiger partial charge in [-0.15, -0.1) is 0 Å². The first kappa shape index (κ1) is 12.2. The van der Waals surface area contributed by atoms with E-state index in [4.69, 9.17) is 4.74 Å². The van der Waals surface area contributed by atoms with Gasteiger partial charge in [-0.2, -0.15) is 0 Å². The Morgan fingerprint density at radius 3 is 3.16 bits per heavy atom. The second kappa shape index (κ2) is 5.40. The molecule has 1 unspecified atom stereocenters. The van der Waals surface area contributed by atoms with E-state index in [2.05, 4.69) is 15.3 Å². The SMILES string of the molecule is O=c1[nH]c(NCC2CCCOC2)nc2ccccc12. The molecule has 1 aromatic carbocycles. The van der Waals surface area contributed by atoms with Crippen LogP contribution in [0.3, 0.4) is 0 Å². The third kappa shape index (κ3) is 2.76. The normalized spacial score (nSPS) is 19.5. The summed E-state index contributed by atoms with van der Waals surface area (Å²) in [4.78, 5) is 19.1. The maximum atomic E-state index is 11.9. The molecule has 0 amide bonds. The molecule has 5 nitrogen and oxygen atoms in total. The molecule has 0 aliphatic carbocycles. The Bertz CT molecular complexity index is 617. The highest BCUT2D eigenvalue weighted by Gasteiger charge is 2.14. The summed E-state index contributed by atoms with van der Waals surface area (Å²) in [5.41, 5.74) is 0.613. The van der Waals surface area contributed by atoms with Crippen LogP contribution < -0.4 is 10.9 Å². The minimum Gasteiger partial charge on any atom is -0.381 e. The minimum atomic E-state index is -0.104. The molecule has 0 spiro atoms. The summed E-state index contributed by atoms with van der Waals surface area (Å²) in [5, 5.41) is 3.82. The largest absolute Gasteiger partial charge is 0.381 e. The average molecular weight is 259 g/mol. The second-order valence-electron chi connectivity index (χ2n) is 4.90. The van der Waals surface area contributed by atoms with Crippen molar-refractivity contribution in [3.63, 3.8) is 0 Å². The van der Waals surface area contributed by atoms with Crippen molar-refractivity contribution in [1.82, 2.24) is 9.97 Å². The number of nitrogens with one attached hydrogen (secondary N) is 2. The molecule has 2 N–H and O–H groups in total. The van der Waals surface area contributed by atoms with E-state index in [1.54, 1.807) is 6.07 Å². The van der Waals surface area contributed by atoms with Gasteiger partial charge in [-0.3, -0.25) is 9.78 Å². The smallest absolute Gasteiger partial charge is 0.260 e. The van der Waals surface area contributed by atoms with E-state index in [0.29, 0.717) is 22.8 Å². The summed E-state index contributed by atoms with van der Waals surface area (Å²) in [6.07, 6.45) is 2.26. The number of para-hydroxylation sites is 1.